The zero-order valence-corrected chi connectivity index (χ0v) is 11.2. The summed E-state index contributed by atoms with van der Waals surface area (Å²) in [6.07, 6.45) is -1.69. The minimum atomic E-state index is -4.13. The minimum absolute atomic E-state index is 0.128. The van der Waals surface area contributed by atoms with Crippen LogP contribution >= 0.6 is 0 Å². The van der Waals surface area contributed by atoms with Gasteiger partial charge in [0.15, 0.2) is 0 Å². The molecule has 0 aromatic rings. The number of halogens is 3. The number of rotatable bonds is 6. The Kier molecular flexibility index (Phi) is 6.15. The highest BCUT2D eigenvalue weighted by atomic mass is 19.4. The van der Waals surface area contributed by atoms with Gasteiger partial charge in [0, 0.05) is 18.7 Å². The maximum Gasteiger partial charge on any atom is 0.412 e. The van der Waals surface area contributed by atoms with E-state index in [2.05, 4.69) is 24.1 Å². The lowest BCUT2D eigenvalue weighted by atomic mass is 10.1. The van der Waals surface area contributed by atoms with E-state index in [-0.39, 0.29) is 12.0 Å². The summed E-state index contributed by atoms with van der Waals surface area (Å²) in [5.74, 6) is 0.636. The van der Waals surface area contributed by atoms with Gasteiger partial charge in [-0.2, -0.15) is 13.2 Å². The third-order valence-electron chi connectivity index (χ3n) is 3.04. The van der Waals surface area contributed by atoms with Crippen LogP contribution < -0.4 is 5.32 Å². The number of nitrogens with one attached hydrogen (secondary N) is 1. The van der Waals surface area contributed by atoms with Gasteiger partial charge in [-0.3, -0.25) is 4.90 Å². The standard InChI is InChI=1S/C13H23F3N2/c1-11(2)10-17-6-3-7-18-8-4-12(5-9-18)13(14,15)16/h4,11,17H,3,5-10H2,1-2H3. The van der Waals surface area contributed by atoms with E-state index < -0.39 is 6.18 Å². The molecule has 0 amide bonds. The van der Waals surface area contributed by atoms with Crippen LogP contribution in [0.2, 0.25) is 0 Å². The summed E-state index contributed by atoms with van der Waals surface area (Å²) in [7, 11) is 0. The van der Waals surface area contributed by atoms with Gasteiger partial charge in [0.2, 0.25) is 0 Å². The predicted molar refractivity (Wildman–Crippen MR) is 67.5 cm³/mol. The Bertz CT molecular complexity index is 272. The maximum absolute atomic E-state index is 12.4. The van der Waals surface area contributed by atoms with Gasteiger partial charge in [-0.15, -0.1) is 0 Å². The fraction of sp³-hybridized carbons (Fsp3) is 0.846. The third-order valence-corrected chi connectivity index (χ3v) is 3.04. The van der Waals surface area contributed by atoms with Crippen LogP contribution in [0, 0.1) is 5.92 Å². The van der Waals surface area contributed by atoms with E-state index in [1.165, 1.54) is 6.08 Å². The van der Waals surface area contributed by atoms with Crippen LogP contribution in [0.5, 0.6) is 0 Å². The molecule has 18 heavy (non-hydrogen) atoms. The topological polar surface area (TPSA) is 15.3 Å². The molecule has 0 aromatic heterocycles. The molecule has 2 nitrogen and oxygen atoms in total. The van der Waals surface area contributed by atoms with E-state index in [9.17, 15) is 13.2 Å². The molecule has 5 heteroatoms. The predicted octanol–water partition coefficient (Wildman–Crippen LogP) is 2.82. The van der Waals surface area contributed by atoms with Crippen LogP contribution in [0.25, 0.3) is 0 Å². The molecule has 0 atom stereocenters. The van der Waals surface area contributed by atoms with Crippen LogP contribution in [0.4, 0.5) is 13.2 Å². The summed E-state index contributed by atoms with van der Waals surface area (Å²) >= 11 is 0. The van der Waals surface area contributed by atoms with Gasteiger partial charge in [-0.05, 0) is 38.4 Å². The Morgan fingerprint density at radius 1 is 1.39 bits per heavy atom. The summed E-state index contributed by atoms with van der Waals surface area (Å²) in [5, 5.41) is 3.34. The molecule has 0 unspecified atom stereocenters. The lowest BCUT2D eigenvalue weighted by Crippen LogP contribution is -2.34. The van der Waals surface area contributed by atoms with Crippen molar-refractivity contribution in [2.45, 2.75) is 32.9 Å². The highest BCUT2D eigenvalue weighted by Crippen LogP contribution is 2.29. The van der Waals surface area contributed by atoms with Crippen LogP contribution in [-0.4, -0.2) is 43.8 Å². The Balaban J connectivity index is 2.14. The second-order valence-corrected chi connectivity index (χ2v) is 5.23. The van der Waals surface area contributed by atoms with Crippen molar-refractivity contribution in [1.82, 2.24) is 10.2 Å². The molecule has 1 heterocycles. The molecular formula is C13H23F3N2. The van der Waals surface area contributed by atoms with Crippen molar-refractivity contribution < 1.29 is 13.2 Å². The third kappa shape index (κ3) is 5.87. The fourth-order valence-corrected chi connectivity index (χ4v) is 1.99. The van der Waals surface area contributed by atoms with Crippen molar-refractivity contribution in [3.8, 4) is 0 Å². The van der Waals surface area contributed by atoms with Crippen molar-refractivity contribution in [1.29, 1.82) is 0 Å². The van der Waals surface area contributed by atoms with Gasteiger partial charge in [0.25, 0.3) is 0 Å². The molecule has 0 saturated carbocycles. The SMILES string of the molecule is CC(C)CNCCCN1CC=C(C(F)(F)F)CC1. The lowest BCUT2D eigenvalue weighted by Gasteiger charge is -2.27. The molecule has 1 aliphatic heterocycles. The van der Waals surface area contributed by atoms with E-state index in [0.717, 1.165) is 26.1 Å². The molecule has 0 radical (unpaired) electrons. The Labute approximate surface area is 107 Å². The first-order valence-electron chi connectivity index (χ1n) is 6.59. The number of alkyl halides is 3. The van der Waals surface area contributed by atoms with Gasteiger partial charge < -0.3 is 5.32 Å². The smallest absolute Gasteiger partial charge is 0.316 e. The van der Waals surface area contributed by atoms with E-state index in [1.54, 1.807) is 0 Å². The van der Waals surface area contributed by atoms with Crippen molar-refractivity contribution >= 4 is 0 Å². The summed E-state index contributed by atoms with van der Waals surface area (Å²) in [6.45, 7) is 8.06. The minimum Gasteiger partial charge on any atom is -0.316 e. The highest BCUT2D eigenvalue weighted by Gasteiger charge is 2.34. The zero-order chi connectivity index (χ0) is 13.6. The highest BCUT2D eigenvalue weighted by molar-refractivity contribution is 5.12. The van der Waals surface area contributed by atoms with E-state index >= 15 is 0 Å². The van der Waals surface area contributed by atoms with Gasteiger partial charge in [-0.1, -0.05) is 19.9 Å². The molecule has 0 spiro atoms. The van der Waals surface area contributed by atoms with Crippen LogP contribution in [-0.2, 0) is 0 Å². The van der Waals surface area contributed by atoms with Crippen LogP contribution in [0.3, 0.4) is 0 Å². The molecule has 0 saturated heterocycles. The van der Waals surface area contributed by atoms with E-state index in [4.69, 9.17) is 0 Å². The van der Waals surface area contributed by atoms with Crippen molar-refractivity contribution in [3.05, 3.63) is 11.6 Å². The van der Waals surface area contributed by atoms with E-state index in [1.807, 2.05) is 0 Å². The quantitative estimate of drug-likeness (QED) is 0.586. The molecule has 1 aliphatic rings. The van der Waals surface area contributed by atoms with Crippen molar-refractivity contribution in [2.75, 3.05) is 32.7 Å². The lowest BCUT2D eigenvalue weighted by molar-refractivity contribution is -0.0960. The molecule has 1 N–H and O–H groups in total. The molecule has 106 valence electrons. The molecule has 1 rings (SSSR count). The van der Waals surface area contributed by atoms with Crippen molar-refractivity contribution in [2.24, 2.45) is 5.92 Å². The van der Waals surface area contributed by atoms with Crippen LogP contribution in [0.15, 0.2) is 11.6 Å². The normalized spacial score (nSPS) is 18.2. The molecular weight excluding hydrogens is 241 g/mol. The van der Waals surface area contributed by atoms with E-state index in [0.29, 0.717) is 19.0 Å². The summed E-state index contributed by atoms with van der Waals surface area (Å²) in [4.78, 5) is 2.08. The molecule has 0 bridgehead atoms. The average molecular weight is 264 g/mol. The maximum atomic E-state index is 12.4. The Hall–Kier alpha value is -0.550. The number of hydrogen-bond donors (Lipinski definition) is 1. The molecule has 0 fully saturated rings. The monoisotopic (exact) mass is 264 g/mol. The molecule has 0 aliphatic carbocycles. The largest absolute Gasteiger partial charge is 0.412 e. The second-order valence-electron chi connectivity index (χ2n) is 5.23. The van der Waals surface area contributed by atoms with Gasteiger partial charge >= 0.3 is 6.18 Å². The second kappa shape index (κ2) is 7.14. The number of hydrogen-bond acceptors (Lipinski definition) is 2. The summed E-state index contributed by atoms with van der Waals surface area (Å²) in [6, 6.07) is 0. The average Bonchev–Trinajstić information content (AvgIpc) is 2.27. The Morgan fingerprint density at radius 2 is 2.11 bits per heavy atom. The molecule has 0 aromatic carbocycles. The zero-order valence-electron chi connectivity index (χ0n) is 11.2. The first-order chi connectivity index (χ1) is 8.39. The summed E-state index contributed by atoms with van der Waals surface area (Å²) in [5.41, 5.74) is -0.364. The Morgan fingerprint density at radius 3 is 2.61 bits per heavy atom. The first-order valence-corrected chi connectivity index (χ1v) is 6.59. The van der Waals surface area contributed by atoms with Crippen LogP contribution in [0.1, 0.15) is 26.7 Å². The fourth-order valence-electron chi connectivity index (χ4n) is 1.99. The van der Waals surface area contributed by atoms with Gasteiger partial charge in [0.1, 0.15) is 0 Å². The van der Waals surface area contributed by atoms with Crippen molar-refractivity contribution in [3.63, 3.8) is 0 Å². The van der Waals surface area contributed by atoms with Gasteiger partial charge in [-0.25, -0.2) is 0 Å². The van der Waals surface area contributed by atoms with Gasteiger partial charge in [0.05, 0.1) is 0 Å². The summed E-state index contributed by atoms with van der Waals surface area (Å²) < 4.78 is 37.2. The first kappa shape index (κ1) is 15.5. The number of nitrogens with zero attached hydrogens (tertiary/aromatic N) is 1.